The molecule has 0 saturated carbocycles. The lowest BCUT2D eigenvalue weighted by Gasteiger charge is -2.26. The Labute approximate surface area is 151 Å². The van der Waals surface area contributed by atoms with Gasteiger partial charge in [-0.2, -0.15) is 4.31 Å². The van der Waals surface area contributed by atoms with Crippen LogP contribution in [0.1, 0.15) is 10.4 Å². The highest BCUT2D eigenvalue weighted by Gasteiger charge is 2.29. The first-order chi connectivity index (χ1) is 11.3. The third-order valence-electron chi connectivity index (χ3n) is 3.51. The van der Waals surface area contributed by atoms with E-state index in [1.54, 1.807) is 0 Å². The summed E-state index contributed by atoms with van der Waals surface area (Å²) in [5.41, 5.74) is 4.88. The lowest BCUT2D eigenvalue weighted by atomic mass is 10.2. The van der Waals surface area contributed by atoms with Gasteiger partial charge in [-0.05, 0) is 18.2 Å². The van der Waals surface area contributed by atoms with E-state index in [9.17, 15) is 22.0 Å². The zero-order valence-corrected chi connectivity index (χ0v) is 14.9. The van der Waals surface area contributed by atoms with Crippen molar-refractivity contribution >= 4 is 28.3 Å². The summed E-state index contributed by atoms with van der Waals surface area (Å²) in [6.45, 7) is -0.758. The van der Waals surface area contributed by atoms with E-state index in [4.69, 9.17) is 10.5 Å². The molecule has 1 heterocycles. The van der Waals surface area contributed by atoms with E-state index in [-0.39, 0.29) is 36.0 Å². The van der Waals surface area contributed by atoms with Crippen LogP contribution in [0.3, 0.4) is 0 Å². The van der Waals surface area contributed by atoms with Crippen LogP contribution in [0.2, 0.25) is 0 Å². The highest BCUT2D eigenvalue weighted by atomic mass is 35.5. The highest BCUT2D eigenvalue weighted by molar-refractivity contribution is 7.89. The summed E-state index contributed by atoms with van der Waals surface area (Å²) in [6.07, 6.45) is 0. The topological polar surface area (TPSA) is 102 Å². The normalized spacial score (nSPS) is 16.1. The Kier molecular flexibility index (Phi) is 7.69. The third kappa shape index (κ3) is 5.58. The molecule has 1 amide bonds. The Balaban J connectivity index is 0.00000312. The molecule has 3 N–H and O–H groups in total. The maximum Gasteiger partial charge on any atom is 0.277 e. The first kappa shape index (κ1) is 21.7. The average Bonchev–Trinajstić information content (AvgIpc) is 2.60. The van der Waals surface area contributed by atoms with Gasteiger partial charge < -0.3 is 15.8 Å². The van der Waals surface area contributed by atoms with E-state index in [1.807, 2.05) is 0 Å². The highest BCUT2D eigenvalue weighted by Crippen LogP contribution is 2.18. The van der Waals surface area contributed by atoms with Gasteiger partial charge in [-0.15, -0.1) is 12.4 Å². The van der Waals surface area contributed by atoms with Gasteiger partial charge in [0.1, 0.15) is 0 Å². The van der Waals surface area contributed by atoms with Crippen LogP contribution in [0.5, 0.6) is 0 Å². The molecule has 0 radical (unpaired) electrons. The summed E-state index contributed by atoms with van der Waals surface area (Å²) in [5, 5.41) is 2.05. The maximum absolute atomic E-state index is 13.1. The van der Waals surface area contributed by atoms with Crippen molar-refractivity contribution in [1.82, 2.24) is 9.62 Å². The van der Waals surface area contributed by atoms with Crippen molar-refractivity contribution in [3.8, 4) is 0 Å². The van der Waals surface area contributed by atoms with Gasteiger partial charge in [0.2, 0.25) is 10.0 Å². The van der Waals surface area contributed by atoms with E-state index < -0.39 is 34.9 Å². The number of nitrogens with two attached hydrogens (primary N) is 1. The fourth-order valence-electron chi connectivity index (χ4n) is 2.12. The van der Waals surface area contributed by atoms with Crippen LogP contribution in [0, 0.1) is 0 Å². The summed E-state index contributed by atoms with van der Waals surface area (Å²) < 4.78 is 57.6. The molecule has 0 aliphatic carbocycles. The molecule has 1 aliphatic rings. The van der Waals surface area contributed by atoms with Gasteiger partial charge in [-0.1, -0.05) is 6.07 Å². The Morgan fingerprint density at radius 2 is 1.96 bits per heavy atom. The molecule has 1 aromatic rings. The van der Waals surface area contributed by atoms with Gasteiger partial charge in [0.15, 0.2) is 0 Å². The number of sulfonamides is 1. The number of rotatable bonds is 6. The zero-order chi connectivity index (χ0) is 17.8. The first-order valence-corrected chi connectivity index (χ1v) is 8.74. The van der Waals surface area contributed by atoms with Crippen molar-refractivity contribution in [1.29, 1.82) is 0 Å². The predicted octanol–water partition coefficient (Wildman–Crippen LogP) is 0.453. The SMILES string of the molecule is Cl.NCC(F)(F)CNC(=O)c1cccc(S(=O)(=O)N2CCOCC2)c1. The van der Waals surface area contributed by atoms with E-state index in [0.29, 0.717) is 13.2 Å². The van der Waals surface area contributed by atoms with Crippen molar-refractivity contribution in [2.75, 3.05) is 39.4 Å². The maximum atomic E-state index is 13.1. The molecular weight excluding hydrogens is 380 g/mol. The Hall–Kier alpha value is -1.33. The Morgan fingerprint density at radius 1 is 1.32 bits per heavy atom. The minimum atomic E-state index is -3.76. The van der Waals surface area contributed by atoms with E-state index >= 15 is 0 Å². The summed E-state index contributed by atoms with van der Waals surface area (Å²) in [7, 11) is -3.76. The summed E-state index contributed by atoms with van der Waals surface area (Å²) in [4.78, 5) is 11.9. The molecule has 0 bridgehead atoms. The third-order valence-corrected chi connectivity index (χ3v) is 5.40. The standard InChI is InChI=1S/C14H19F2N3O4S.ClH/c15-14(16,9-17)10-18-13(20)11-2-1-3-12(8-11)24(21,22)19-4-6-23-7-5-19;/h1-3,8H,4-7,9-10,17H2,(H,18,20);1H. The molecule has 0 spiro atoms. The fraction of sp³-hybridized carbons (Fsp3) is 0.500. The van der Waals surface area contributed by atoms with E-state index in [2.05, 4.69) is 5.32 Å². The molecular formula is C14H20ClF2N3O4S. The molecule has 0 unspecified atom stereocenters. The zero-order valence-electron chi connectivity index (χ0n) is 13.3. The van der Waals surface area contributed by atoms with Crippen molar-refractivity contribution in [3.63, 3.8) is 0 Å². The number of carbonyl (C=O) groups excluding carboxylic acids is 1. The molecule has 0 aromatic heterocycles. The van der Waals surface area contributed by atoms with Crippen LogP contribution in [0.4, 0.5) is 8.78 Å². The lowest BCUT2D eigenvalue weighted by molar-refractivity contribution is 0.0118. The number of nitrogens with zero attached hydrogens (tertiary/aromatic N) is 1. The largest absolute Gasteiger partial charge is 0.379 e. The number of ether oxygens (including phenoxy) is 1. The molecule has 0 atom stereocenters. The number of hydrogen-bond acceptors (Lipinski definition) is 5. The van der Waals surface area contributed by atoms with E-state index in [0.717, 1.165) is 0 Å². The van der Waals surface area contributed by atoms with Gasteiger partial charge in [0, 0.05) is 18.7 Å². The minimum absolute atomic E-state index is 0. The number of amides is 1. The lowest BCUT2D eigenvalue weighted by Crippen LogP contribution is -2.42. The van der Waals surface area contributed by atoms with Gasteiger partial charge in [0.05, 0.1) is 31.2 Å². The number of nitrogens with one attached hydrogen (secondary N) is 1. The molecule has 1 aliphatic heterocycles. The van der Waals surface area contributed by atoms with E-state index in [1.165, 1.54) is 28.6 Å². The number of benzene rings is 1. The predicted molar refractivity (Wildman–Crippen MR) is 89.6 cm³/mol. The van der Waals surface area contributed by atoms with Crippen LogP contribution >= 0.6 is 12.4 Å². The van der Waals surface area contributed by atoms with Crippen molar-refractivity contribution in [2.24, 2.45) is 5.73 Å². The smallest absolute Gasteiger partial charge is 0.277 e. The number of alkyl halides is 2. The van der Waals surface area contributed by atoms with Crippen molar-refractivity contribution < 1.29 is 26.7 Å². The summed E-state index contributed by atoms with van der Waals surface area (Å²) in [6, 6.07) is 5.27. The van der Waals surface area contributed by atoms with Gasteiger partial charge >= 0.3 is 0 Å². The second-order valence-corrected chi connectivity index (χ2v) is 7.22. The molecule has 2 rings (SSSR count). The van der Waals surface area contributed by atoms with Crippen LogP contribution in [0.15, 0.2) is 29.2 Å². The summed E-state index contributed by atoms with van der Waals surface area (Å²) >= 11 is 0. The Bertz CT molecular complexity index is 697. The number of morpholine rings is 1. The molecule has 1 fully saturated rings. The quantitative estimate of drug-likeness (QED) is 0.723. The molecule has 142 valence electrons. The summed E-state index contributed by atoms with van der Waals surface area (Å²) in [5.74, 6) is -4.00. The molecule has 7 nitrogen and oxygen atoms in total. The number of hydrogen-bond donors (Lipinski definition) is 2. The van der Waals surface area contributed by atoms with Crippen LogP contribution in [0.25, 0.3) is 0 Å². The monoisotopic (exact) mass is 399 g/mol. The molecule has 11 heteroatoms. The van der Waals surface area contributed by atoms with Gasteiger partial charge in [-0.3, -0.25) is 4.79 Å². The molecule has 25 heavy (non-hydrogen) atoms. The first-order valence-electron chi connectivity index (χ1n) is 7.30. The molecule has 1 saturated heterocycles. The minimum Gasteiger partial charge on any atom is -0.379 e. The van der Waals surface area contributed by atoms with Crippen molar-refractivity contribution in [2.45, 2.75) is 10.8 Å². The van der Waals surface area contributed by atoms with Crippen LogP contribution in [-0.4, -0.2) is 63.9 Å². The number of carbonyl (C=O) groups is 1. The second-order valence-electron chi connectivity index (χ2n) is 5.29. The van der Waals surface area contributed by atoms with Gasteiger partial charge in [-0.25, -0.2) is 17.2 Å². The molecule has 1 aromatic carbocycles. The second kappa shape index (κ2) is 8.86. The van der Waals surface area contributed by atoms with Crippen LogP contribution < -0.4 is 11.1 Å². The average molecular weight is 400 g/mol. The number of halogens is 3. The van der Waals surface area contributed by atoms with Crippen molar-refractivity contribution in [3.05, 3.63) is 29.8 Å². The Morgan fingerprint density at radius 3 is 2.56 bits per heavy atom. The van der Waals surface area contributed by atoms with Gasteiger partial charge in [0.25, 0.3) is 11.8 Å². The van der Waals surface area contributed by atoms with Crippen LogP contribution in [-0.2, 0) is 14.8 Å². The fourth-order valence-corrected chi connectivity index (χ4v) is 3.57.